The van der Waals surface area contributed by atoms with Gasteiger partial charge in [0.15, 0.2) is 0 Å². The first-order chi connectivity index (χ1) is 13.9. The number of nitrogens with zero attached hydrogens (tertiary/aromatic N) is 3. The highest BCUT2D eigenvalue weighted by atomic mass is 16.6. The van der Waals surface area contributed by atoms with E-state index in [2.05, 4.69) is 11.1 Å². The van der Waals surface area contributed by atoms with Crippen molar-refractivity contribution in [3.05, 3.63) is 47.2 Å². The second kappa shape index (κ2) is 5.70. The van der Waals surface area contributed by atoms with Crippen molar-refractivity contribution in [2.24, 2.45) is 0 Å². The molecule has 5 rings (SSSR count). The molecule has 1 aromatic carbocycles. The SMILES string of the molecule is C[C@]12C[C@H](O)[C@](CCO)(O1)c1c2c(O)n(-c2ccc(C#N)c3ncccc23)c1O. The van der Waals surface area contributed by atoms with E-state index in [0.29, 0.717) is 33.3 Å². The Morgan fingerprint density at radius 3 is 2.76 bits per heavy atom. The Bertz CT molecular complexity index is 1210. The molecule has 3 atom stereocenters. The van der Waals surface area contributed by atoms with Gasteiger partial charge in [-0.15, -0.1) is 0 Å². The number of fused-ring (bicyclic) bond motifs is 6. The standard InChI is InChI=1S/C21H19N3O5/c1-20-9-14(26)21(29-20,6-8-25)16-15(20)18(27)24(19(16)28)13-5-4-11(10-22)17-12(13)3-2-7-23-17/h2-5,7,14,25-28H,6,8-9H2,1H3/t14-,20+,21-/m0/s1. The first kappa shape index (κ1) is 17.9. The number of aromatic hydroxyl groups is 2. The monoisotopic (exact) mass is 393 g/mol. The second-order valence-corrected chi connectivity index (χ2v) is 7.79. The highest BCUT2D eigenvalue weighted by Crippen LogP contribution is 2.65. The summed E-state index contributed by atoms with van der Waals surface area (Å²) in [7, 11) is 0. The van der Waals surface area contributed by atoms with Crippen LogP contribution in [0.3, 0.4) is 0 Å². The Kier molecular flexibility index (Phi) is 3.53. The van der Waals surface area contributed by atoms with Gasteiger partial charge in [0.05, 0.1) is 39.6 Å². The molecule has 8 nitrogen and oxygen atoms in total. The number of aliphatic hydroxyl groups is 2. The molecule has 2 aliphatic heterocycles. The van der Waals surface area contributed by atoms with E-state index in [0.717, 1.165) is 0 Å². The van der Waals surface area contributed by atoms with Crippen molar-refractivity contribution in [3.63, 3.8) is 0 Å². The minimum atomic E-state index is -1.29. The van der Waals surface area contributed by atoms with Crippen LogP contribution < -0.4 is 0 Å². The molecule has 29 heavy (non-hydrogen) atoms. The van der Waals surface area contributed by atoms with Crippen LogP contribution in [0, 0.1) is 11.3 Å². The molecular weight excluding hydrogens is 374 g/mol. The summed E-state index contributed by atoms with van der Waals surface area (Å²) in [6.07, 6.45) is 0.979. The molecule has 2 aromatic heterocycles. The van der Waals surface area contributed by atoms with Crippen molar-refractivity contribution >= 4 is 10.9 Å². The molecule has 0 aliphatic carbocycles. The topological polar surface area (TPSA) is 132 Å². The molecule has 0 unspecified atom stereocenters. The van der Waals surface area contributed by atoms with Gasteiger partial charge in [-0.1, -0.05) is 0 Å². The summed E-state index contributed by atoms with van der Waals surface area (Å²) in [6.45, 7) is 1.50. The van der Waals surface area contributed by atoms with E-state index in [4.69, 9.17) is 4.74 Å². The van der Waals surface area contributed by atoms with Gasteiger partial charge in [-0.05, 0) is 31.2 Å². The first-order valence-corrected chi connectivity index (χ1v) is 9.33. The molecule has 3 aromatic rings. The minimum absolute atomic E-state index is 0.0867. The molecule has 4 heterocycles. The first-order valence-electron chi connectivity index (χ1n) is 9.33. The zero-order chi connectivity index (χ0) is 20.6. The van der Waals surface area contributed by atoms with Crippen molar-refractivity contribution in [2.75, 3.05) is 6.61 Å². The molecule has 0 radical (unpaired) electrons. The van der Waals surface area contributed by atoms with Gasteiger partial charge in [0, 0.05) is 31.0 Å². The molecule has 0 amide bonds. The van der Waals surface area contributed by atoms with Gasteiger partial charge >= 0.3 is 0 Å². The Labute approximate surface area is 165 Å². The highest BCUT2D eigenvalue weighted by Gasteiger charge is 2.66. The number of hydrogen-bond donors (Lipinski definition) is 4. The Morgan fingerprint density at radius 1 is 1.28 bits per heavy atom. The maximum atomic E-state index is 11.2. The molecule has 2 bridgehead atoms. The van der Waals surface area contributed by atoms with Crippen molar-refractivity contribution in [1.82, 2.24) is 9.55 Å². The maximum Gasteiger partial charge on any atom is 0.205 e. The predicted octanol–water partition coefficient (Wildman–Crippen LogP) is 1.90. The second-order valence-electron chi connectivity index (χ2n) is 7.79. The molecule has 1 saturated heterocycles. The quantitative estimate of drug-likeness (QED) is 0.534. The molecule has 0 spiro atoms. The van der Waals surface area contributed by atoms with Crippen LogP contribution in [0.15, 0.2) is 30.5 Å². The van der Waals surface area contributed by atoms with Crippen LogP contribution in [0.25, 0.3) is 16.6 Å². The number of nitriles is 1. The number of rotatable bonds is 3. The summed E-state index contributed by atoms with van der Waals surface area (Å²) >= 11 is 0. The smallest absolute Gasteiger partial charge is 0.205 e. The summed E-state index contributed by atoms with van der Waals surface area (Å²) in [5.74, 6) is -0.454. The molecule has 148 valence electrons. The lowest BCUT2D eigenvalue weighted by Gasteiger charge is -2.29. The van der Waals surface area contributed by atoms with Gasteiger partial charge in [0.25, 0.3) is 0 Å². The molecular formula is C21H19N3O5. The van der Waals surface area contributed by atoms with Gasteiger partial charge in [-0.3, -0.25) is 9.55 Å². The number of aliphatic hydroxyl groups excluding tert-OH is 2. The van der Waals surface area contributed by atoms with Gasteiger partial charge in [0.2, 0.25) is 11.8 Å². The van der Waals surface area contributed by atoms with Gasteiger partial charge < -0.3 is 25.2 Å². The fourth-order valence-electron chi connectivity index (χ4n) is 5.05. The predicted molar refractivity (Wildman–Crippen MR) is 102 cm³/mol. The van der Waals surface area contributed by atoms with Gasteiger partial charge in [0.1, 0.15) is 11.7 Å². The Hall–Kier alpha value is -3.12. The van der Waals surface area contributed by atoms with Crippen molar-refractivity contribution in [3.8, 4) is 23.5 Å². The van der Waals surface area contributed by atoms with E-state index in [1.54, 1.807) is 37.4 Å². The van der Waals surface area contributed by atoms with Gasteiger partial charge in [-0.2, -0.15) is 5.26 Å². The number of pyridine rings is 1. The van der Waals surface area contributed by atoms with Crippen LogP contribution in [0.5, 0.6) is 11.8 Å². The average molecular weight is 393 g/mol. The highest BCUT2D eigenvalue weighted by molar-refractivity contribution is 5.92. The zero-order valence-corrected chi connectivity index (χ0v) is 15.6. The van der Waals surface area contributed by atoms with Crippen molar-refractivity contribution in [2.45, 2.75) is 37.1 Å². The molecule has 2 aliphatic rings. The van der Waals surface area contributed by atoms with Crippen LogP contribution >= 0.6 is 0 Å². The maximum absolute atomic E-state index is 11.2. The zero-order valence-electron chi connectivity index (χ0n) is 15.6. The largest absolute Gasteiger partial charge is 0.494 e. The molecule has 0 saturated carbocycles. The van der Waals surface area contributed by atoms with Crippen LogP contribution in [0.1, 0.15) is 36.5 Å². The summed E-state index contributed by atoms with van der Waals surface area (Å²) in [5, 5.41) is 52.5. The third-order valence-electron chi connectivity index (χ3n) is 6.19. The lowest BCUT2D eigenvalue weighted by Crippen LogP contribution is -2.37. The minimum Gasteiger partial charge on any atom is -0.494 e. The average Bonchev–Trinajstić information content (AvgIpc) is 3.23. The summed E-state index contributed by atoms with van der Waals surface area (Å²) in [4.78, 5) is 4.28. The number of aromatic nitrogens is 2. The molecule has 1 fully saturated rings. The lowest BCUT2D eigenvalue weighted by molar-refractivity contribution is -0.116. The van der Waals surface area contributed by atoms with Crippen LogP contribution in [-0.4, -0.2) is 42.7 Å². The van der Waals surface area contributed by atoms with E-state index in [9.17, 15) is 25.7 Å². The van der Waals surface area contributed by atoms with Gasteiger partial charge in [-0.25, -0.2) is 0 Å². The Morgan fingerprint density at radius 2 is 2.03 bits per heavy atom. The van der Waals surface area contributed by atoms with E-state index >= 15 is 0 Å². The number of benzene rings is 1. The molecule has 8 heteroatoms. The van der Waals surface area contributed by atoms with Crippen molar-refractivity contribution in [1.29, 1.82) is 5.26 Å². The van der Waals surface area contributed by atoms with Crippen LogP contribution in [0.2, 0.25) is 0 Å². The van der Waals surface area contributed by atoms with Crippen molar-refractivity contribution < 1.29 is 25.2 Å². The van der Waals surface area contributed by atoms with Crippen LogP contribution in [-0.2, 0) is 15.9 Å². The summed E-state index contributed by atoms with van der Waals surface area (Å²) < 4.78 is 7.38. The third-order valence-corrected chi connectivity index (χ3v) is 6.19. The summed E-state index contributed by atoms with van der Waals surface area (Å²) in [6, 6.07) is 8.79. The fourth-order valence-corrected chi connectivity index (χ4v) is 5.05. The number of hydrogen-bond acceptors (Lipinski definition) is 7. The normalized spacial score (nSPS) is 27.3. The lowest BCUT2D eigenvalue weighted by atomic mass is 9.76. The fraction of sp³-hybridized carbons (Fsp3) is 0.333. The van der Waals surface area contributed by atoms with E-state index in [-0.39, 0.29) is 31.2 Å². The van der Waals surface area contributed by atoms with E-state index < -0.39 is 17.3 Å². The van der Waals surface area contributed by atoms with Crippen LogP contribution in [0.4, 0.5) is 0 Å². The van der Waals surface area contributed by atoms with E-state index in [1.807, 2.05) is 0 Å². The number of ether oxygens (including phenoxy) is 1. The Balaban J connectivity index is 1.84. The third kappa shape index (κ3) is 2.04. The van der Waals surface area contributed by atoms with E-state index in [1.165, 1.54) is 4.57 Å². The summed E-state index contributed by atoms with van der Waals surface area (Å²) in [5.41, 5.74) is -0.278. The molecule has 4 N–H and O–H groups in total.